The van der Waals surface area contributed by atoms with Crippen LogP contribution in [0.25, 0.3) is 11.5 Å². The third-order valence-corrected chi connectivity index (χ3v) is 7.11. The van der Waals surface area contributed by atoms with E-state index in [9.17, 15) is 28.0 Å². The van der Waals surface area contributed by atoms with E-state index in [2.05, 4.69) is 15.0 Å². The fourth-order valence-corrected chi connectivity index (χ4v) is 4.68. The summed E-state index contributed by atoms with van der Waals surface area (Å²) in [7, 11) is 2.33. The number of methoxy groups -OCH3 is 2. The van der Waals surface area contributed by atoms with Crippen LogP contribution in [0.2, 0.25) is 0 Å². The third kappa shape index (κ3) is 8.54. The second-order valence-electron chi connectivity index (χ2n) is 11.8. The lowest BCUT2D eigenvalue weighted by Crippen LogP contribution is -2.59. The maximum atomic E-state index is 14.0. The molecule has 2 aromatic rings. The summed E-state index contributed by atoms with van der Waals surface area (Å²) < 4.78 is 57.6. The van der Waals surface area contributed by atoms with Gasteiger partial charge in [0, 0.05) is 18.7 Å². The van der Waals surface area contributed by atoms with Gasteiger partial charge in [-0.25, -0.2) is 19.4 Å². The number of hydrogen-bond donors (Lipinski definition) is 1. The van der Waals surface area contributed by atoms with Crippen molar-refractivity contribution < 1.29 is 56.1 Å². The first-order valence-electron chi connectivity index (χ1n) is 14.6. The smallest absolute Gasteiger partial charge is 0.410 e. The summed E-state index contributed by atoms with van der Waals surface area (Å²) in [5.41, 5.74) is -0.724. The Balaban J connectivity index is 1.70. The van der Waals surface area contributed by atoms with Crippen LogP contribution in [0.4, 0.5) is 18.4 Å². The van der Waals surface area contributed by atoms with E-state index >= 15 is 0 Å². The molecule has 1 saturated heterocycles. The van der Waals surface area contributed by atoms with Gasteiger partial charge in [0.05, 0.1) is 33.4 Å². The Morgan fingerprint density at radius 3 is 2.41 bits per heavy atom. The first kappa shape index (κ1) is 34.2. The second kappa shape index (κ2) is 14.2. The molecule has 14 nitrogen and oxygen atoms in total. The number of hydrogen-bond acceptors (Lipinski definition) is 11. The van der Waals surface area contributed by atoms with E-state index in [-0.39, 0.29) is 54.0 Å². The maximum Gasteiger partial charge on any atom is 0.410 e. The zero-order valence-corrected chi connectivity index (χ0v) is 26.5. The molecule has 2 fully saturated rings. The second-order valence-corrected chi connectivity index (χ2v) is 11.8. The number of alkyl halides is 2. The molecule has 2 aliphatic rings. The monoisotopic (exact) mass is 652 g/mol. The molecule has 3 amide bonds. The van der Waals surface area contributed by atoms with Crippen molar-refractivity contribution >= 4 is 24.1 Å². The lowest BCUT2D eigenvalue weighted by molar-refractivity contribution is -0.148. The molecule has 16 heteroatoms. The van der Waals surface area contributed by atoms with E-state index in [1.807, 2.05) is 0 Å². The van der Waals surface area contributed by atoms with E-state index in [4.69, 9.17) is 23.4 Å². The molecule has 1 aliphatic heterocycles. The molecule has 4 rings (SSSR count). The quantitative estimate of drug-likeness (QED) is 0.287. The highest BCUT2D eigenvalue weighted by molar-refractivity contribution is 5.95. The van der Waals surface area contributed by atoms with Crippen molar-refractivity contribution in [2.75, 3.05) is 40.5 Å². The summed E-state index contributed by atoms with van der Waals surface area (Å²) in [6, 6.07) is 2.02. The van der Waals surface area contributed by atoms with Gasteiger partial charge >= 0.3 is 24.8 Å². The Hall–Kier alpha value is -4.63. The first-order chi connectivity index (χ1) is 21.7. The average molecular weight is 653 g/mol. The van der Waals surface area contributed by atoms with Gasteiger partial charge in [-0.2, -0.15) is 8.78 Å². The minimum Gasteiger partial charge on any atom is -0.489 e. The molecule has 1 aromatic heterocycles. The predicted molar refractivity (Wildman–Crippen MR) is 155 cm³/mol. The van der Waals surface area contributed by atoms with Crippen LogP contribution in [-0.2, 0) is 19.0 Å². The van der Waals surface area contributed by atoms with E-state index in [1.54, 1.807) is 27.7 Å². The van der Waals surface area contributed by atoms with Crippen LogP contribution in [-0.4, -0.2) is 97.6 Å². The number of halogens is 2. The Morgan fingerprint density at radius 1 is 1.09 bits per heavy atom. The minimum absolute atomic E-state index is 0.00968. The summed E-state index contributed by atoms with van der Waals surface area (Å²) in [6.07, 6.45) is 0.387. The summed E-state index contributed by atoms with van der Waals surface area (Å²) in [5.74, 6) is -1.36. The molecule has 1 aliphatic carbocycles. The molecule has 252 valence electrons. The molecule has 2 heterocycles. The molecule has 1 saturated carbocycles. The van der Waals surface area contributed by atoms with Gasteiger partial charge in [-0.15, -0.1) is 0 Å². The number of oxazole rings is 1. The number of carbonyl (C=O) groups is 4. The summed E-state index contributed by atoms with van der Waals surface area (Å²) in [4.78, 5) is 58.3. The lowest BCUT2D eigenvalue weighted by atomic mass is 10.1. The first-order valence-corrected chi connectivity index (χ1v) is 14.6. The number of nitrogens with one attached hydrogen (secondary N) is 1. The number of nitrogens with zero attached hydrogens (tertiary/aromatic N) is 3. The summed E-state index contributed by atoms with van der Waals surface area (Å²) in [5, 5.41) is 2.63. The number of aromatic nitrogens is 1. The van der Waals surface area contributed by atoms with Crippen molar-refractivity contribution in [2.45, 2.75) is 64.8 Å². The molecule has 2 atom stereocenters. The number of amides is 3. The van der Waals surface area contributed by atoms with Crippen molar-refractivity contribution in [2.24, 2.45) is 5.92 Å². The van der Waals surface area contributed by atoms with Crippen LogP contribution in [0, 0.1) is 5.92 Å². The molecule has 1 unspecified atom stereocenters. The number of benzene rings is 1. The number of esters is 1. The van der Waals surface area contributed by atoms with Crippen LogP contribution in [0.1, 0.15) is 62.8 Å². The third-order valence-electron chi connectivity index (χ3n) is 7.11. The molecule has 1 aromatic carbocycles. The van der Waals surface area contributed by atoms with E-state index in [1.165, 1.54) is 30.2 Å². The topological polar surface area (TPSA) is 159 Å². The highest BCUT2D eigenvalue weighted by atomic mass is 19.3. The molecule has 0 bridgehead atoms. The summed E-state index contributed by atoms with van der Waals surface area (Å²) >= 11 is 0. The van der Waals surface area contributed by atoms with E-state index in [0.29, 0.717) is 12.5 Å². The Morgan fingerprint density at radius 2 is 1.80 bits per heavy atom. The summed E-state index contributed by atoms with van der Waals surface area (Å²) in [6.45, 7) is 3.57. The van der Waals surface area contributed by atoms with Crippen LogP contribution >= 0.6 is 0 Å². The largest absolute Gasteiger partial charge is 0.489 e. The highest BCUT2D eigenvalue weighted by Gasteiger charge is 2.40. The van der Waals surface area contributed by atoms with Crippen molar-refractivity contribution in [3.8, 4) is 23.0 Å². The predicted octanol–water partition coefficient (Wildman–Crippen LogP) is 4.38. The Kier molecular flexibility index (Phi) is 10.6. The minimum atomic E-state index is -3.08. The van der Waals surface area contributed by atoms with Crippen molar-refractivity contribution in [3.05, 3.63) is 29.7 Å². The number of ether oxygens (including phenoxy) is 5. The molecule has 0 spiro atoms. The van der Waals surface area contributed by atoms with Gasteiger partial charge in [0.1, 0.15) is 5.60 Å². The van der Waals surface area contributed by atoms with Crippen LogP contribution in [0.15, 0.2) is 22.6 Å². The van der Waals surface area contributed by atoms with Gasteiger partial charge < -0.3 is 38.3 Å². The average Bonchev–Trinajstić information content (AvgIpc) is 3.72. The Labute approximate surface area is 264 Å². The van der Waals surface area contributed by atoms with Crippen molar-refractivity contribution in [1.29, 1.82) is 0 Å². The van der Waals surface area contributed by atoms with Gasteiger partial charge in [-0.1, -0.05) is 0 Å². The van der Waals surface area contributed by atoms with E-state index < -0.39 is 48.4 Å². The SMILES string of the molecule is COC(=O)C1CN(C(=O)c2nc(-c3ccc(OC(F)F)c(OCC4CC4)c3)oc2[C@H](C)NC(=O)OC(C)(C)C)CCN1C(=O)OC. The molecule has 46 heavy (non-hydrogen) atoms. The fourth-order valence-electron chi connectivity index (χ4n) is 4.68. The standard InChI is InChI=1S/C30H38F2N4O10/c1-16(33-28(39)46-30(2,3)4)23-22(25(37)35-11-12-36(29(40)42-6)19(14-35)26(38)41-5)34-24(45-23)18-9-10-20(44-27(31)32)21(13-18)43-15-17-7-8-17/h9-10,13,16-17,19,27H,7-8,11-12,14-15H2,1-6H3,(H,33,39)/t16-,19?/m0/s1. The van der Waals surface area contributed by atoms with Crippen LogP contribution in [0.5, 0.6) is 11.5 Å². The van der Waals surface area contributed by atoms with Crippen molar-refractivity contribution in [3.63, 3.8) is 0 Å². The van der Waals surface area contributed by atoms with Gasteiger partial charge in [0.2, 0.25) is 5.89 Å². The number of carbonyl (C=O) groups excluding carboxylic acids is 4. The Bertz CT molecular complexity index is 1440. The van der Waals surface area contributed by atoms with Crippen LogP contribution in [0.3, 0.4) is 0 Å². The highest BCUT2D eigenvalue weighted by Crippen LogP contribution is 2.37. The molecular weight excluding hydrogens is 614 g/mol. The normalized spacial score (nSPS) is 17.3. The molecule has 0 radical (unpaired) electrons. The van der Waals surface area contributed by atoms with Crippen LogP contribution < -0.4 is 14.8 Å². The van der Waals surface area contributed by atoms with E-state index in [0.717, 1.165) is 24.9 Å². The zero-order chi connectivity index (χ0) is 33.8. The van der Waals surface area contributed by atoms with Gasteiger partial charge in [-0.3, -0.25) is 9.69 Å². The number of alkyl carbamates (subject to hydrolysis) is 1. The van der Waals surface area contributed by atoms with Crippen molar-refractivity contribution in [1.82, 2.24) is 20.1 Å². The van der Waals surface area contributed by atoms with Gasteiger partial charge in [-0.05, 0) is 64.7 Å². The van der Waals surface area contributed by atoms with Gasteiger partial charge in [0.25, 0.3) is 5.91 Å². The zero-order valence-electron chi connectivity index (χ0n) is 26.5. The number of rotatable bonds is 10. The number of piperazine rings is 1. The molecule has 1 N–H and O–H groups in total. The molecular formula is C30H38F2N4O10. The lowest BCUT2D eigenvalue weighted by Gasteiger charge is -2.38. The fraction of sp³-hybridized carbons (Fsp3) is 0.567. The van der Waals surface area contributed by atoms with Gasteiger partial charge in [0.15, 0.2) is 29.0 Å². The maximum absolute atomic E-state index is 14.0.